The molecule has 1 aromatic carbocycles. The average Bonchev–Trinajstić information content (AvgIpc) is 2.97. The fraction of sp³-hybridized carbons (Fsp3) is 0.278. The summed E-state index contributed by atoms with van der Waals surface area (Å²) in [7, 11) is 0. The number of aryl methyl sites for hydroxylation is 1. The van der Waals surface area contributed by atoms with E-state index in [9.17, 15) is 4.79 Å². The van der Waals surface area contributed by atoms with Crippen LogP contribution in [0.2, 0.25) is 0 Å². The van der Waals surface area contributed by atoms with Crippen LogP contribution < -0.4 is 5.76 Å². The molecular formula is C18H17N3O2. The summed E-state index contributed by atoms with van der Waals surface area (Å²) in [6.07, 6.45) is 6.65. The zero-order valence-corrected chi connectivity index (χ0v) is 12.7. The van der Waals surface area contributed by atoms with Gasteiger partial charge in [-0.1, -0.05) is 24.3 Å². The molecule has 0 fully saturated rings. The number of hydrogen-bond donors (Lipinski definition) is 0. The molecule has 2 heterocycles. The summed E-state index contributed by atoms with van der Waals surface area (Å²) >= 11 is 0. The molecule has 0 N–H and O–H groups in total. The lowest BCUT2D eigenvalue weighted by molar-refractivity contribution is 0.421. The first-order valence-electron chi connectivity index (χ1n) is 7.87. The molecule has 0 saturated heterocycles. The van der Waals surface area contributed by atoms with Crippen molar-refractivity contribution in [1.29, 1.82) is 0 Å². The Kier molecular flexibility index (Phi) is 3.54. The molecule has 2 aromatic heterocycles. The Morgan fingerprint density at radius 2 is 2.13 bits per heavy atom. The molecule has 1 aliphatic carbocycles. The van der Waals surface area contributed by atoms with Crippen molar-refractivity contribution >= 4 is 0 Å². The van der Waals surface area contributed by atoms with Gasteiger partial charge in [-0.05, 0) is 42.5 Å². The highest BCUT2D eigenvalue weighted by Crippen LogP contribution is 2.32. The van der Waals surface area contributed by atoms with Crippen molar-refractivity contribution in [2.24, 2.45) is 0 Å². The standard InChI is InChI=1S/C18H17N3O2/c22-18-21(20-17(23-18)14-8-4-10-19-11-14)12-15-7-3-6-13-5-1-2-9-16(13)15/h1-2,4-5,8-11,15H,3,6-7,12H2. The molecule has 0 saturated carbocycles. The molecule has 0 spiro atoms. The quantitative estimate of drug-likeness (QED) is 0.746. The third kappa shape index (κ3) is 2.70. The second-order valence-electron chi connectivity index (χ2n) is 5.88. The van der Waals surface area contributed by atoms with Gasteiger partial charge in [-0.2, -0.15) is 4.68 Å². The number of pyridine rings is 1. The Balaban J connectivity index is 1.64. The van der Waals surface area contributed by atoms with E-state index in [2.05, 4.69) is 34.3 Å². The zero-order chi connectivity index (χ0) is 15.6. The van der Waals surface area contributed by atoms with E-state index in [-0.39, 0.29) is 0 Å². The Morgan fingerprint density at radius 1 is 1.22 bits per heavy atom. The predicted molar refractivity (Wildman–Crippen MR) is 86.1 cm³/mol. The molecule has 116 valence electrons. The lowest BCUT2D eigenvalue weighted by Crippen LogP contribution is -2.23. The lowest BCUT2D eigenvalue weighted by Gasteiger charge is -2.24. The molecule has 4 rings (SSSR count). The minimum atomic E-state index is -0.410. The van der Waals surface area contributed by atoms with Gasteiger partial charge in [0.1, 0.15) is 0 Å². The maximum atomic E-state index is 12.1. The fourth-order valence-electron chi connectivity index (χ4n) is 3.28. The maximum Gasteiger partial charge on any atom is 0.437 e. The van der Waals surface area contributed by atoms with Gasteiger partial charge in [0.15, 0.2) is 0 Å². The number of nitrogens with zero attached hydrogens (tertiary/aromatic N) is 3. The number of benzene rings is 1. The largest absolute Gasteiger partial charge is 0.437 e. The molecule has 1 atom stereocenters. The first-order valence-corrected chi connectivity index (χ1v) is 7.87. The van der Waals surface area contributed by atoms with Crippen LogP contribution in [0.4, 0.5) is 0 Å². The van der Waals surface area contributed by atoms with Gasteiger partial charge in [0.2, 0.25) is 0 Å². The van der Waals surface area contributed by atoms with Crippen molar-refractivity contribution in [1.82, 2.24) is 14.8 Å². The van der Waals surface area contributed by atoms with Crippen molar-refractivity contribution in [3.63, 3.8) is 0 Å². The van der Waals surface area contributed by atoms with Crippen molar-refractivity contribution in [3.8, 4) is 11.5 Å². The van der Waals surface area contributed by atoms with Gasteiger partial charge in [-0.25, -0.2) is 4.79 Å². The summed E-state index contributed by atoms with van der Waals surface area (Å²) in [5.41, 5.74) is 3.43. The van der Waals surface area contributed by atoms with E-state index in [0.717, 1.165) is 19.3 Å². The average molecular weight is 307 g/mol. The summed E-state index contributed by atoms with van der Waals surface area (Å²) in [4.78, 5) is 16.1. The van der Waals surface area contributed by atoms with Crippen molar-refractivity contribution < 1.29 is 4.42 Å². The van der Waals surface area contributed by atoms with Crippen LogP contribution in [0.15, 0.2) is 58.0 Å². The minimum absolute atomic E-state index is 0.310. The second kappa shape index (κ2) is 5.83. The molecule has 0 radical (unpaired) electrons. The molecule has 0 bridgehead atoms. The van der Waals surface area contributed by atoms with E-state index < -0.39 is 5.76 Å². The van der Waals surface area contributed by atoms with Crippen molar-refractivity contribution in [2.45, 2.75) is 31.7 Å². The summed E-state index contributed by atoms with van der Waals surface area (Å²) < 4.78 is 6.73. The molecule has 23 heavy (non-hydrogen) atoms. The van der Waals surface area contributed by atoms with Crippen LogP contribution >= 0.6 is 0 Å². The van der Waals surface area contributed by atoms with E-state index in [1.807, 2.05) is 6.07 Å². The van der Waals surface area contributed by atoms with Crippen LogP contribution in [0, 0.1) is 0 Å². The van der Waals surface area contributed by atoms with Crippen molar-refractivity contribution in [2.75, 3.05) is 0 Å². The van der Waals surface area contributed by atoms with Crippen LogP contribution in [0.1, 0.15) is 29.9 Å². The van der Waals surface area contributed by atoms with Gasteiger partial charge in [0, 0.05) is 18.3 Å². The minimum Gasteiger partial charge on any atom is -0.388 e. The summed E-state index contributed by atoms with van der Waals surface area (Å²) in [5, 5.41) is 4.34. The van der Waals surface area contributed by atoms with Crippen LogP contribution in [-0.2, 0) is 13.0 Å². The molecule has 0 aliphatic heterocycles. The Bertz CT molecular complexity index is 867. The first kappa shape index (κ1) is 13.9. The van der Waals surface area contributed by atoms with E-state index in [1.54, 1.807) is 18.5 Å². The number of aromatic nitrogens is 3. The molecule has 3 aromatic rings. The van der Waals surface area contributed by atoms with Gasteiger partial charge in [-0.3, -0.25) is 4.98 Å². The highest BCUT2D eigenvalue weighted by Gasteiger charge is 2.22. The van der Waals surface area contributed by atoms with E-state index in [4.69, 9.17) is 4.42 Å². The molecule has 1 unspecified atom stereocenters. The predicted octanol–water partition coefficient (Wildman–Crippen LogP) is 3.02. The summed E-state index contributed by atoms with van der Waals surface area (Å²) in [6.45, 7) is 0.555. The van der Waals surface area contributed by atoms with Gasteiger partial charge in [0.05, 0.1) is 12.1 Å². The van der Waals surface area contributed by atoms with Crippen LogP contribution in [0.3, 0.4) is 0 Å². The second-order valence-corrected chi connectivity index (χ2v) is 5.88. The smallest absolute Gasteiger partial charge is 0.388 e. The number of fused-ring (bicyclic) bond motifs is 1. The molecule has 0 amide bonds. The molecule has 5 nitrogen and oxygen atoms in total. The monoisotopic (exact) mass is 307 g/mol. The Hall–Kier alpha value is -2.69. The number of rotatable bonds is 3. The third-order valence-electron chi connectivity index (χ3n) is 4.40. The lowest BCUT2D eigenvalue weighted by atomic mass is 9.83. The highest BCUT2D eigenvalue weighted by atomic mass is 16.4. The fourth-order valence-corrected chi connectivity index (χ4v) is 3.28. The Morgan fingerprint density at radius 3 is 3.00 bits per heavy atom. The third-order valence-corrected chi connectivity index (χ3v) is 4.40. The molecular weight excluding hydrogens is 290 g/mol. The SMILES string of the molecule is O=c1oc(-c2cccnc2)nn1CC1CCCc2ccccc21. The normalized spacial score (nSPS) is 17.0. The van der Waals surface area contributed by atoms with Gasteiger partial charge in [-0.15, -0.1) is 5.10 Å². The van der Waals surface area contributed by atoms with Crippen LogP contribution in [0.5, 0.6) is 0 Å². The van der Waals surface area contributed by atoms with Crippen molar-refractivity contribution in [3.05, 3.63) is 70.5 Å². The molecule has 1 aliphatic rings. The molecule has 5 heteroatoms. The first-order chi connectivity index (χ1) is 11.3. The summed E-state index contributed by atoms with van der Waals surface area (Å²) in [6, 6.07) is 12.1. The zero-order valence-electron chi connectivity index (χ0n) is 12.7. The maximum absolute atomic E-state index is 12.1. The van der Waals surface area contributed by atoms with Gasteiger partial charge < -0.3 is 4.42 Å². The van der Waals surface area contributed by atoms with E-state index in [0.29, 0.717) is 23.9 Å². The topological polar surface area (TPSA) is 60.9 Å². The van der Waals surface area contributed by atoms with E-state index in [1.165, 1.54) is 15.8 Å². The van der Waals surface area contributed by atoms with E-state index >= 15 is 0 Å². The van der Waals surface area contributed by atoms with Gasteiger partial charge >= 0.3 is 5.76 Å². The highest BCUT2D eigenvalue weighted by molar-refractivity contribution is 5.49. The van der Waals surface area contributed by atoms with Crippen LogP contribution in [-0.4, -0.2) is 14.8 Å². The summed E-state index contributed by atoms with van der Waals surface area (Å²) in [5.74, 6) is 0.226. The van der Waals surface area contributed by atoms with Crippen LogP contribution in [0.25, 0.3) is 11.5 Å². The Labute approximate surface area is 133 Å². The number of hydrogen-bond acceptors (Lipinski definition) is 4. The van der Waals surface area contributed by atoms with Gasteiger partial charge in [0.25, 0.3) is 5.89 Å².